The Kier molecular flexibility index (Phi) is 43.7. The molecule has 4 radical (unpaired) electrons. The second kappa shape index (κ2) is 24.7. The summed E-state index contributed by atoms with van der Waals surface area (Å²) >= 11 is 0. The van der Waals surface area contributed by atoms with Crippen molar-refractivity contribution in [3.8, 4) is 0 Å². The molecule has 0 heterocycles. The summed E-state index contributed by atoms with van der Waals surface area (Å²) in [5.41, 5.74) is 13.5. The van der Waals surface area contributed by atoms with E-state index in [1.54, 1.807) is 0 Å². The van der Waals surface area contributed by atoms with E-state index < -0.39 is 17.9 Å². The van der Waals surface area contributed by atoms with Crippen molar-refractivity contribution in [3.63, 3.8) is 0 Å². The van der Waals surface area contributed by atoms with Gasteiger partial charge in [-0.25, -0.2) is 0 Å². The number of nitrogens with two attached hydrogens (primary N) is 3. The molecule has 0 unspecified atom stereocenters. The zero-order valence-electron chi connectivity index (χ0n) is 9.21. The van der Waals surface area contributed by atoms with Crippen LogP contribution < -0.4 is 62.1 Å². The number of carboxylic acids is 3. The Hall–Kier alpha value is -0.360. The van der Waals surface area contributed by atoms with E-state index in [1.165, 1.54) is 0 Å². The number of rotatable bonds is 3. The zero-order valence-corrected chi connectivity index (χ0v) is 12.0. The molecular formula is C6H12N3NaO6S. The Morgan fingerprint density at radius 2 is 0.765 bits per heavy atom. The van der Waals surface area contributed by atoms with Crippen molar-refractivity contribution >= 4 is 31.4 Å². The maximum absolute atomic E-state index is 9.13. The van der Waals surface area contributed by atoms with Crippen LogP contribution in [0.1, 0.15) is 0 Å². The first-order valence-corrected chi connectivity index (χ1v) is 3.51. The SMILES string of the molecule is NCC(=O)[O-].NCC(=O)[O-].NCC(=O)[O-].[Na+].[S+2]. The average Bonchev–Trinajstić information content (AvgIpc) is 2.19. The molecule has 0 atom stereocenters. The Bertz CT molecular complexity index is 173. The third kappa shape index (κ3) is 91.5. The second-order valence-corrected chi connectivity index (χ2v) is 1.73. The smallest absolute Gasteiger partial charge is 0.549 e. The van der Waals surface area contributed by atoms with Gasteiger partial charge in [-0.2, -0.15) is 0 Å². The molecular weight excluding hydrogens is 265 g/mol. The van der Waals surface area contributed by atoms with E-state index in [2.05, 4.69) is 17.2 Å². The summed E-state index contributed by atoms with van der Waals surface area (Å²) < 4.78 is 0. The number of carbonyl (C=O) groups is 3. The summed E-state index contributed by atoms with van der Waals surface area (Å²) in [6.07, 6.45) is 0. The molecule has 0 saturated heterocycles. The van der Waals surface area contributed by atoms with Gasteiger partial charge in [0.25, 0.3) is 0 Å². The van der Waals surface area contributed by atoms with Gasteiger partial charge in [-0.3, -0.25) is 0 Å². The molecule has 0 aliphatic heterocycles. The van der Waals surface area contributed by atoms with Gasteiger partial charge in [0.15, 0.2) is 0 Å². The average molecular weight is 277 g/mol. The molecule has 94 valence electrons. The second-order valence-electron chi connectivity index (χ2n) is 1.73. The molecule has 17 heavy (non-hydrogen) atoms. The van der Waals surface area contributed by atoms with Crippen LogP contribution in [0.2, 0.25) is 0 Å². The van der Waals surface area contributed by atoms with E-state index in [1.807, 2.05) is 0 Å². The minimum atomic E-state index is -1.22. The van der Waals surface area contributed by atoms with Crippen LogP contribution in [0.4, 0.5) is 0 Å². The van der Waals surface area contributed by atoms with Crippen molar-refractivity contribution in [1.29, 1.82) is 0 Å². The molecule has 0 saturated carbocycles. The number of hydrogen-bond acceptors (Lipinski definition) is 9. The van der Waals surface area contributed by atoms with Crippen molar-refractivity contribution in [2.75, 3.05) is 19.6 Å². The summed E-state index contributed by atoms with van der Waals surface area (Å²) in [5, 5.41) is 27.4. The molecule has 0 fully saturated rings. The van der Waals surface area contributed by atoms with E-state index in [0.29, 0.717) is 0 Å². The van der Waals surface area contributed by atoms with E-state index in [4.69, 9.17) is 29.7 Å². The molecule has 0 rings (SSSR count). The predicted molar refractivity (Wildman–Crippen MR) is 49.5 cm³/mol. The number of aliphatic carboxylic acids is 3. The fraction of sp³-hybridized carbons (Fsp3) is 0.500. The van der Waals surface area contributed by atoms with Gasteiger partial charge in [-0.05, 0) is 0 Å². The Morgan fingerprint density at radius 3 is 0.765 bits per heavy atom. The van der Waals surface area contributed by atoms with Crippen molar-refractivity contribution in [3.05, 3.63) is 0 Å². The van der Waals surface area contributed by atoms with Crippen LogP contribution >= 0.6 is 0 Å². The van der Waals surface area contributed by atoms with Gasteiger partial charge in [-0.15, -0.1) is 0 Å². The number of carbonyl (C=O) groups excluding carboxylic acids is 3. The molecule has 0 aromatic carbocycles. The standard InChI is InChI=1S/3C2H5NO2.Na.S/c3*3-1-2(4)5;;/h3*1,3H2,(H,4,5);;/q;;;+1;+2/p-3. The van der Waals surface area contributed by atoms with Crippen molar-refractivity contribution in [2.45, 2.75) is 0 Å². The van der Waals surface area contributed by atoms with Crippen LogP contribution in [-0.4, -0.2) is 37.5 Å². The summed E-state index contributed by atoms with van der Waals surface area (Å²) in [6.45, 7) is -1.17. The minimum absolute atomic E-state index is 0. The van der Waals surface area contributed by atoms with Gasteiger partial charge in [0.1, 0.15) is 0 Å². The van der Waals surface area contributed by atoms with Crippen molar-refractivity contribution in [1.82, 2.24) is 0 Å². The van der Waals surface area contributed by atoms with Crippen LogP contribution in [0.15, 0.2) is 0 Å². The quantitative estimate of drug-likeness (QED) is 0.419. The van der Waals surface area contributed by atoms with Crippen LogP contribution in [0.3, 0.4) is 0 Å². The van der Waals surface area contributed by atoms with Gasteiger partial charge >= 0.3 is 43.1 Å². The summed E-state index contributed by atoms with van der Waals surface area (Å²) in [6, 6.07) is 0. The van der Waals surface area contributed by atoms with E-state index in [0.717, 1.165) is 0 Å². The molecule has 0 bridgehead atoms. The number of carboxylic acid groups (broad SMARTS) is 3. The molecule has 9 nitrogen and oxygen atoms in total. The Morgan fingerprint density at radius 1 is 0.706 bits per heavy atom. The molecule has 0 aromatic heterocycles. The Labute approximate surface area is 127 Å². The summed E-state index contributed by atoms with van der Waals surface area (Å²) in [4.78, 5) is 27.4. The first-order valence-electron chi connectivity index (χ1n) is 3.51. The first-order chi connectivity index (χ1) is 6.81. The Balaban J connectivity index is -0.0000000400. The predicted octanol–water partition coefficient (Wildman–Crippen LogP) is -9.91. The summed E-state index contributed by atoms with van der Waals surface area (Å²) in [5.74, 6) is -3.65. The largest absolute Gasteiger partial charge is 2.00 e. The minimum Gasteiger partial charge on any atom is -0.549 e. The van der Waals surface area contributed by atoms with E-state index >= 15 is 0 Å². The van der Waals surface area contributed by atoms with Gasteiger partial charge < -0.3 is 46.9 Å². The third-order valence-electron chi connectivity index (χ3n) is 0.500. The number of hydrogen-bond donors (Lipinski definition) is 3. The van der Waals surface area contributed by atoms with Crippen molar-refractivity contribution in [2.24, 2.45) is 17.2 Å². The van der Waals surface area contributed by atoms with Crippen LogP contribution in [0, 0.1) is 0 Å². The molecule has 0 aliphatic rings. The van der Waals surface area contributed by atoms with E-state index in [9.17, 15) is 0 Å². The van der Waals surface area contributed by atoms with Crippen LogP contribution in [0.25, 0.3) is 0 Å². The van der Waals surface area contributed by atoms with Gasteiger partial charge in [0, 0.05) is 19.6 Å². The fourth-order valence-electron chi connectivity index (χ4n) is 0. The zero-order chi connectivity index (χ0) is 12.9. The van der Waals surface area contributed by atoms with Crippen LogP contribution in [-0.2, 0) is 27.9 Å². The maximum Gasteiger partial charge on any atom is 2.00 e. The molecule has 0 aromatic rings. The molecule has 0 aliphatic carbocycles. The van der Waals surface area contributed by atoms with E-state index in [-0.39, 0.29) is 62.7 Å². The van der Waals surface area contributed by atoms with Crippen LogP contribution in [0.5, 0.6) is 0 Å². The first kappa shape index (κ1) is 30.0. The topological polar surface area (TPSA) is 198 Å². The third-order valence-corrected chi connectivity index (χ3v) is 0.500. The molecule has 0 spiro atoms. The molecule has 0 amide bonds. The molecule has 11 heteroatoms. The van der Waals surface area contributed by atoms with Gasteiger partial charge in [0.05, 0.1) is 17.9 Å². The normalized spacial score (nSPS) is 6.53. The van der Waals surface area contributed by atoms with Crippen molar-refractivity contribution < 1.29 is 59.3 Å². The van der Waals surface area contributed by atoms with Gasteiger partial charge in [-0.1, -0.05) is 0 Å². The van der Waals surface area contributed by atoms with Gasteiger partial charge in [0.2, 0.25) is 0 Å². The maximum atomic E-state index is 9.13. The fourth-order valence-corrected chi connectivity index (χ4v) is 0. The monoisotopic (exact) mass is 277 g/mol. The molecule has 6 N–H and O–H groups in total. The summed E-state index contributed by atoms with van der Waals surface area (Å²) in [7, 11) is 0.